The number of carbonyl (C=O) groups excluding carboxylic acids is 2. The number of anilines is 3. The summed E-state index contributed by atoms with van der Waals surface area (Å²) in [5.74, 6) is -0.380. The lowest BCUT2D eigenvalue weighted by atomic mass is 10.2. The predicted molar refractivity (Wildman–Crippen MR) is 132 cm³/mol. The Morgan fingerprint density at radius 1 is 0.697 bits per heavy atom. The van der Waals surface area contributed by atoms with Crippen LogP contribution in [0.1, 0.15) is 10.5 Å². The maximum Gasteiger partial charge on any atom is 0.323 e. The first-order valence-electron chi connectivity index (χ1n) is 9.63. The van der Waals surface area contributed by atoms with E-state index < -0.39 is 6.03 Å². The van der Waals surface area contributed by atoms with Crippen LogP contribution in [0.25, 0.3) is 5.69 Å². The smallest absolute Gasteiger partial charge is 0.321 e. The molecule has 0 unspecified atom stereocenters. The van der Waals surface area contributed by atoms with Crippen LogP contribution in [0.4, 0.5) is 21.9 Å². The molecule has 166 valence electrons. The van der Waals surface area contributed by atoms with E-state index in [-0.39, 0.29) is 11.6 Å². The van der Waals surface area contributed by atoms with Crippen molar-refractivity contribution in [2.24, 2.45) is 0 Å². The van der Waals surface area contributed by atoms with Crippen molar-refractivity contribution < 1.29 is 9.59 Å². The van der Waals surface area contributed by atoms with Crippen LogP contribution in [0, 0.1) is 0 Å². The largest absolute Gasteiger partial charge is 0.323 e. The second-order valence-corrected chi connectivity index (χ2v) is 8.11. The molecule has 0 spiro atoms. The van der Waals surface area contributed by atoms with Crippen molar-refractivity contribution in [1.29, 1.82) is 0 Å². The van der Waals surface area contributed by atoms with E-state index in [1.807, 2.05) is 0 Å². The molecule has 33 heavy (non-hydrogen) atoms. The minimum Gasteiger partial charge on any atom is -0.321 e. The van der Waals surface area contributed by atoms with Crippen LogP contribution in [-0.4, -0.2) is 21.7 Å². The van der Waals surface area contributed by atoms with E-state index in [9.17, 15) is 9.59 Å². The average molecular weight is 501 g/mol. The zero-order chi connectivity index (χ0) is 23.4. The van der Waals surface area contributed by atoms with E-state index in [2.05, 4.69) is 21.0 Å². The van der Waals surface area contributed by atoms with E-state index in [1.54, 1.807) is 79.0 Å². The van der Waals surface area contributed by atoms with Gasteiger partial charge in [0.25, 0.3) is 5.91 Å². The fourth-order valence-electron chi connectivity index (χ4n) is 2.88. The molecule has 1 aromatic heterocycles. The minimum absolute atomic E-state index is 0.227. The quantitative estimate of drug-likeness (QED) is 0.284. The van der Waals surface area contributed by atoms with Crippen LogP contribution < -0.4 is 16.0 Å². The fraction of sp³-hybridized carbons (Fsp3) is 0. The zero-order valence-electron chi connectivity index (χ0n) is 16.9. The highest BCUT2D eigenvalue weighted by atomic mass is 35.5. The van der Waals surface area contributed by atoms with Gasteiger partial charge in [0.2, 0.25) is 0 Å². The van der Waals surface area contributed by atoms with Gasteiger partial charge in [0, 0.05) is 28.3 Å². The van der Waals surface area contributed by atoms with Gasteiger partial charge in [0.15, 0.2) is 5.69 Å². The molecule has 3 amide bonds. The first-order chi connectivity index (χ1) is 15.9. The number of hydrogen-bond donors (Lipinski definition) is 3. The highest BCUT2D eigenvalue weighted by Gasteiger charge is 2.12. The topological polar surface area (TPSA) is 88.0 Å². The predicted octanol–water partition coefficient (Wildman–Crippen LogP) is 6.73. The summed E-state index contributed by atoms with van der Waals surface area (Å²) in [6, 6.07) is 19.7. The molecule has 0 saturated carbocycles. The fourth-order valence-corrected chi connectivity index (χ4v) is 3.29. The molecule has 0 aliphatic carbocycles. The lowest BCUT2D eigenvalue weighted by Gasteiger charge is -2.09. The Hall–Kier alpha value is -3.52. The monoisotopic (exact) mass is 499 g/mol. The van der Waals surface area contributed by atoms with Gasteiger partial charge in [0.1, 0.15) is 0 Å². The van der Waals surface area contributed by atoms with E-state index in [0.717, 1.165) is 0 Å². The van der Waals surface area contributed by atoms with Gasteiger partial charge < -0.3 is 16.0 Å². The van der Waals surface area contributed by atoms with Crippen LogP contribution in [0.3, 0.4) is 0 Å². The summed E-state index contributed by atoms with van der Waals surface area (Å²) >= 11 is 17.8. The van der Waals surface area contributed by atoms with Crippen LogP contribution in [0.15, 0.2) is 79.0 Å². The van der Waals surface area contributed by atoms with Crippen molar-refractivity contribution in [2.45, 2.75) is 0 Å². The Morgan fingerprint density at radius 2 is 1.27 bits per heavy atom. The molecular formula is C23H16Cl3N5O2. The third kappa shape index (κ3) is 5.84. The lowest BCUT2D eigenvalue weighted by Crippen LogP contribution is -2.19. The van der Waals surface area contributed by atoms with Gasteiger partial charge in [-0.05, 0) is 72.8 Å². The van der Waals surface area contributed by atoms with Gasteiger partial charge in [-0.15, -0.1) is 0 Å². The minimum atomic E-state index is -0.401. The molecule has 10 heteroatoms. The summed E-state index contributed by atoms with van der Waals surface area (Å²) < 4.78 is 1.53. The number of nitrogens with one attached hydrogen (secondary N) is 3. The number of hydrogen-bond acceptors (Lipinski definition) is 3. The molecular weight excluding hydrogens is 485 g/mol. The second kappa shape index (κ2) is 9.95. The number of carbonyl (C=O) groups is 2. The molecule has 1 heterocycles. The van der Waals surface area contributed by atoms with Crippen LogP contribution in [0.5, 0.6) is 0 Å². The first kappa shape index (κ1) is 22.7. The summed E-state index contributed by atoms with van der Waals surface area (Å²) in [5.41, 5.74) is 2.62. The molecule has 0 aliphatic rings. The second-order valence-electron chi connectivity index (χ2n) is 6.86. The molecule has 3 aromatic carbocycles. The number of halogens is 3. The Labute approximate surface area is 204 Å². The molecule has 0 aliphatic heterocycles. The van der Waals surface area contributed by atoms with Gasteiger partial charge >= 0.3 is 6.03 Å². The Morgan fingerprint density at radius 3 is 1.88 bits per heavy atom. The molecule has 0 radical (unpaired) electrons. The van der Waals surface area contributed by atoms with Crippen molar-refractivity contribution in [3.05, 3.63) is 99.8 Å². The van der Waals surface area contributed by atoms with E-state index in [0.29, 0.717) is 37.8 Å². The number of urea groups is 1. The van der Waals surface area contributed by atoms with Crippen molar-refractivity contribution in [3.63, 3.8) is 0 Å². The highest BCUT2D eigenvalue weighted by Crippen LogP contribution is 2.24. The molecule has 7 nitrogen and oxygen atoms in total. The third-order valence-corrected chi connectivity index (χ3v) is 5.48. The molecule has 0 bridgehead atoms. The highest BCUT2D eigenvalue weighted by molar-refractivity contribution is 6.42. The molecule has 0 fully saturated rings. The third-order valence-electron chi connectivity index (χ3n) is 4.49. The molecule has 0 saturated heterocycles. The van der Waals surface area contributed by atoms with Crippen LogP contribution in [-0.2, 0) is 0 Å². The van der Waals surface area contributed by atoms with Gasteiger partial charge in [-0.1, -0.05) is 34.8 Å². The summed E-state index contributed by atoms with van der Waals surface area (Å²) in [6.07, 6.45) is 1.65. The van der Waals surface area contributed by atoms with Crippen molar-refractivity contribution >= 4 is 63.8 Å². The van der Waals surface area contributed by atoms with Gasteiger partial charge in [0.05, 0.1) is 15.7 Å². The maximum atomic E-state index is 12.5. The SMILES string of the molecule is O=C(Nc1ccc(Cl)cc1)Nc1ccc(NC(=O)c2ccn(-c3ccc(Cl)c(Cl)c3)n2)cc1. The summed E-state index contributed by atoms with van der Waals surface area (Å²) in [5, 5.41) is 13.9. The van der Waals surface area contributed by atoms with E-state index in [4.69, 9.17) is 34.8 Å². The maximum absolute atomic E-state index is 12.5. The van der Waals surface area contributed by atoms with Crippen molar-refractivity contribution in [2.75, 3.05) is 16.0 Å². The lowest BCUT2D eigenvalue weighted by molar-refractivity contribution is 0.102. The average Bonchev–Trinajstić information content (AvgIpc) is 3.29. The molecule has 4 aromatic rings. The Balaban J connectivity index is 1.35. The summed E-state index contributed by atoms with van der Waals surface area (Å²) in [4.78, 5) is 24.7. The van der Waals surface area contributed by atoms with Crippen LogP contribution in [0.2, 0.25) is 15.1 Å². The number of nitrogens with zero attached hydrogens (tertiary/aromatic N) is 2. The van der Waals surface area contributed by atoms with Gasteiger partial charge in [-0.25, -0.2) is 9.48 Å². The summed E-state index contributed by atoms with van der Waals surface area (Å²) in [7, 11) is 0. The normalized spacial score (nSPS) is 10.5. The number of aromatic nitrogens is 2. The molecule has 0 atom stereocenters. The van der Waals surface area contributed by atoms with Crippen LogP contribution >= 0.6 is 34.8 Å². The van der Waals surface area contributed by atoms with Gasteiger partial charge in [-0.3, -0.25) is 4.79 Å². The van der Waals surface area contributed by atoms with Gasteiger partial charge in [-0.2, -0.15) is 5.10 Å². The summed E-state index contributed by atoms with van der Waals surface area (Å²) in [6.45, 7) is 0. The first-order valence-corrected chi connectivity index (χ1v) is 10.8. The number of amides is 3. The zero-order valence-corrected chi connectivity index (χ0v) is 19.1. The van der Waals surface area contributed by atoms with Crippen molar-refractivity contribution in [3.8, 4) is 5.69 Å². The number of benzene rings is 3. The molecule has 3 N–H and O–H groups in total. The Bertz CT molecular complexity index is 1300. The van der Waals surface area contributed by atoms with Crippen molar-refractivity contribution in [1.82, 2.24) is 9.78 Å². The molecule has 4 rings (SSSR count). The number of rotatable bonds is 5. The standard InChI is InChI=1S/C23H16Cl3N5O2/c24-14-1-3-16(4-2-14)28-23(33)29-17-7-5-15(6-8-17)27-22(32)21-11-12-31(30-21)18-9-10-19(25)20(26)13-18/h1-13H,(H,27,32)(H2,28,29,33). The Kier molecular flexibility index (Phi) is 6.84. The van der Waals surface area contributed by atoms with E-state index >= 15 is 0 Å². The van der Waals surface area contributed by atoms with E-state index in [1.165, 1.54) is 4.68 Å².